The molecule has 2 unspecified atom stereocenters. The number of amides is 6. The van der Waals surface area contributed by atoms with Gasteiger partial charge in [-0.1, -0.05) is 33.6 Å². The Labute approximate surface area is 252 Å². The van der Waals surface area contributed by atoms with Gasteiger partial charge in [0.05, 0.1) is 10.5 Å². The van der Waals surface area contributed by atoms with Crippen molar-refractivity contribution < 1.29 is 28.8 Å². The van der Waals surface area contributed by atoms with Crippen LogP contribution in [0.2, 0.25) is 0 Å². The number of carbonyl (C=O) groups excluding carboxylic acids is 6. The summed E-state index contributed by atoms with van der Waals surface area (Å²) in [5.41, 5.74) is -0.0653. The minimum atomic E-state index is -0.268. The Morgan fingerprint density at radius 2 is 1.27 bits per heavy atom. The van der Waals surface area contributed by atoms with Crippen LogP contribution in [-0.4, -0.2) is 70.0 Å². The van der Waals surface area contributed by atoms with Gasteiger partial charge in [-0.05, 0) is 61.9 Å². The van der Waals surface area contributed by atoms with E-state index in [-0.39, 0.29) is 70.2 Å². The number of hydrogen-bond donors (Lipinski definition) is 4. The molecule has 0 aliphatic carbocycles. The Morgan fingerprint density at radius 3 is 1.73 bits per heavy atom. The van der Waals surface area contributed by atoms with Crippen molar-refractivity contribution in [2.24, 2.45) is 5.41 Å². The molecule has 0 aromatic rings. The molecule has 2 rings (SSSR count). The van der Waals surface area contributed by atoms with Crippen LogP contribution in [0.3, 0.4) is 0 Å². The van der Waals surface area contributed by atoms with Crippen LogP contribution in [0.1, 0.15) is 104 Å². The van der Waals surface area contributed by atoms with Crippen LogP contribution in [-0.2, 0) is 28.8 Å². The van der Waals surface area contributed by atoms with Crippen LogP contribution in [0, 0.1) is 5.41 Å². The van der Waals surface area contributed by atoms with Crippen LogP contribution in [0.15, 0.2) is 0 Å². The van der Waals surface area contributed by atoms with Crippen molar-refractivity contribution in [1.29, 1.82) is 0 Å². The molecule has 2 fully saturated rings. The Morgan fingerprint density at radius 1 is 0.756 bits per heavy atom. The zero-order chi connectivity index (χ0) is 30.3. The third-order valence-corrected chi connectivity index (χ3v) is 9.82. The Balaban J connectivity index is 1.47. The van der Waals surface area contributed by atoms with E-state index < -0.39 is 0 Å². The molecule has 2 saturated heterocycles. The average molecular weight is 613 g/mol. The van der Waals surface area contributed by atoms with Crippen molar-refractivity contribution in [2.45, 2.75) is 121 Å². The highest BCUT2D eigenvalue weighted by Crippen LogP contribution is 2.24. The van der Waals surface area contributed by atoms with Gasteiger partial charge in [-0.15, -0.1) is 23.5 Å². The monoisotopic (exact) mass is 612 g/mol. The first-order valence-electron chi connectivity index (χ1n) is 14.9. The molecule has 2 aliphatic heterocycles. The number of hydrogen-bond acceptors (Lipinski definition) is 8. The summed E-state index contributed by atoms with van der Waals surface area (Å²) >= 11 is 3.03. The summed E-state index contributed by atoms with van der Waals surface area (Å²) in [5.74, 6) is 0.951. The molecular weight excluding hydrogens is 564 g/mol. The number of thioether (sulfide) groups is 2. The van der Waals surface area contributed by atoms with Gasteiger partial charge in [0, 0.05) is 38.3 Å². The summed E-state index contributed by atoms with van der Waals surface area (Å²) in [6.07, 6.45) is 9.36. The quantitative estimate of drug-likeness (QED) is 0.121. The molecule has 0 radical (unpaired) electrons. The van der Waals surface area contributed by atoms with Crippen molar-refractivity contribution in [3.8, 4) is 0 Å². The molecule has 0 bridgehead atoms. The highest BCUT2D eigenvalue weighted by atomic mass is 32.2. The van der Waals surface area contributed by atoms with E-state index in [2.05, 4.69) is 42.0 Å². The topological polar surface area (TPSA) is 151 Å². The van der Waals surface area contributed by atoms with Crippen molar-refractivity contribution >= 4 is 59.0 Å². The Kier molecular flexibility index (Phi) is 15.8. The predicted octanol–water partition coefficient (Wildman–Crippen LogP) is 3.22. The number of carbonyl (C=O) groups is 6. The summed E-state index contributed by atoms with van der Waals surface area (Å²) in [4.78, 5) is 70.3. The minimum Gasteiger partial charge on any atom is -0.356 e. The maximum atomic E-state index is 12.6. The molecule has 2 aliphatic rings. The highest BCUT2D eigenvalue weighted by Gasteiger charge is 2.31. The smallest absolute Gasteiger partial charge is 0.240 e. The average Bonchev–Trinajstić information content (AvgIpc) is 3.39. The van der Waals surface area contributed by atoms with E-state index in [0.29, 0.717) is 19.4 Å². The van der Waals surface area contributed by atoms with Gasteiger partial charge in [0.2, 0.25) is 35.4 Å². The summed E-state index contributed by atoms with van der Waals surface area (Å²) in [6.45, 7) is 7.00. The van der Waals surface area contributed by atoms with Crippen molar-refractivity contribution in [3.63, 3.8) is 0 Å². The van der Waals surface area contributed by atoms with Gasteiger partial charge in [-0.2, -0.15) is 0 Å². The van der Waals surface area contributed by atoms with Gasteiger partial charge >= 0.3 is 0 Å². The fourth-order valence-corrected chi connectivity index (χ4v) is 6.96. The fourth-order valence-electron chi connectivity index (χ4n) is 4.69. The third-order valence-electron chi connectivity index (χ3n) is 7.21. The lowest BCUT2D eigenvalue weighted by Crippen LogP contribution is -2.43. The third kappa shape index (κ3) is 14.6. The minimum absolute atomic E-state index is 0.0532. The lowest BCUT2D eigenvalue weighted by molar-refractivity contribution is -0.126. The standard InChI is InChI=1S/C29H48N4O6S2/c1-29(2,3)22(31-24(35)14-7-5-11-17-41-21-19-26(37)33-28(21)39)12-8-9-15-30-23(34)13-6-4-10-16-40-20-18-25(36)32-27(20)38/h20-22H,4-19H2,1-3H3,(H,30,34)(H,31,35)(H,32,36,38)(H,33,37,39)/t20?,21?,22-/m0/s1. The van der Waals surface area contributed by atoms with E-state index in [4.69, 9.17) is 0 Å². The van der Waals surface area contributed by atoms with Gasteiger partial charge in [0.1, 0.15) is 0 Å². The summed E-state index contributed by atoms with van der Waals surface area (Å²) in [7, 11) is 0. The largest absolute Gasteiger partial charge is 0.356 e. The Bertz CT molecular complexity index is 923. The second kappa shape index (κ2) is 18.5. The van der Waals surface area contributed by atoms with E-state index in [0.717, 1.165) is 69.3 Å². The number of unbranched alkanes of at least 4 members (excludes halogenated alkanes) is 5. The molecule has 0 saturated carbocycles. The molecule has 4 N–H and O–H groups in total. The molecule has 41 heavy (non-hydrogen) atoms. The molecule has 10 nitrogen and oxygen atoms in total. The first-order valence-corrected chi connectivity index (χ1v) is 17.0. The molecule has 3 atom stereocenters. The first kappa shape index (κ1) is 35.1. The summed E-state index contributed by atoms with van der Waals surface area (Å²) in [5, 5.41) is 10.3. The SMILES string of the molecule is CC(C)(C)[C@H](CCCCNC(=O)CCCCCSC1CC(=O)NC1=O)NC(=O)CCCCCSC1CC(=O)NC1=O. The van der Waals surface area contributed by atoms with Crippen LogP contribution in [0.4, 0.5) is 0 Å². The van der Waals surface area contributed by atoms with Crippen LogP contribution < -0.4 is 21.3 Å². The van der Waals surface area contributed by atoms with Crippen molar-refractivity contribution in [2.75, 3.05) is 18.1 Å². The van der Waals surface area contributed by atoms with Crippen molar-refractivity contribution in [1.82, 2.24) is 21.3 Å². The van der Waals surface area contributed by atoms with E-state index in [1.807, 2.05) is 0 Å². The van der Waals surface area contributed by atoms with Gasteiger partial charge in [0.25, 0.3) is 0 Å². The lowest BCUT2D eigenvalue weighted by atomic mass is 9.83. The number of rotatable bonds is 20. The van der Waals surface area contributed by atoms with Crippen LogP contribution >= 0.6 is 23.5 Å². The highest BCUT2D eigenvalue weighted by molar-refractivity contribution is 8.00. The molecule has 12 heteroatoms. The van der Waals surface area contributed by atoms with Gasteiger partial charge in [-0.3, -0.25) is 39.4 Å². The van der Waals surface area contributed by atoms with Gasteiger partial charge in [0.15, 0.2) is 0 Å². The van der Waals surface area contributed by atoms with Crippen molar-refractivity contribution in [3.05, 3.63) is 0 Å². The first-order chi connectivity index (χ1) is 19.5. The van der Waals surface area contributed by atoms with E-state index in [1.165, 1.54) is 23.5 Å². The zero-order valence-corrected chi connectivity index (χ0v) is 26.4. The second-order valence-corrected chi connectivity index (χ2v) is 14.5. The fraction of sp³-hybridized carbons (Fsp3) is 0.793. The molecule has 232 valence electrons. The van der Waals surface area contributed by atoms with E-state index >= 15 is 0 Å². The molecule has 0 aromatic carbocycles. The zero-order valence-electron chi connectivity index (χ0n) is 24.8. The molecule has 0 aromatic heterocycles. The maximum Gasteiger partial charge on any atom is 0.240 e. The summed E-state index contributed by atoms with van der Waals surface area (Å²) < 4.78 is 0. The van der Waals surface area contributed by atoms with E-state index in [1.54, 1.807) is 0 Å². The number of nitrogens with one attached hydrogen (secondary N) is 4. The Hall–Kier alpha value is -2.08. The lowest BCUT2D eigenvalue weighted by Gasteiger charge is -2.31. The van der Waals surface area contributed by atoms with Crippen LogP contribution in [0.25, 0.3) is 0 Å². The predicted molar refractivity (Wildman–Crippen MR) is 163 cm³/mol. The number of imide groups is 2. The second-order valence-electron chi connectivity index (χ2n) is 11.9. The van der Waals surface area contributed by atoms with Gasteiger partial charge < -0.3 is 10.6 Å². The van der Waals surface area contributed by atoms with Crippen LogP contribution in [0.5, 0.6) is 0 Å². The van der Waals surface area contributed by atoms with E-state index in [9.17, 15) is 28.8 Å². The molecule has 2 heterocycles. The molecular formula is C29H48N4O6S2. The summed E-state index contributed by atoms with van der Waals surface area (Å²) in [6, 6.07) is 0.0611. The molecule has 6 amide bonds. The molecule has 0 spiro atoms. The normalized spacial score (nSPS) is 19.7. The van der Waals surface area contributed by atoms with Gasteiger partial charge in [-0.25, -0.2) is 0 Å². The maximum absolute atomic E-state index is 12.6.